The van der Waals surface area contributed by atoms with Crippen LogP contribution in [0.25, 0.3) is 0 Å². The summed E-state index contributed by atoms with van der Waals surface area (Å²) in [6, 6.07) is 8.39. The lowest BCUT2D eigenvalue weighted by atomic mass is 9.50. The molecule has 2 aliphatic carbocycles. The van der Waals surface area contributed by atoms with Crippen LogP contribution in [0.4, 0.5) is 5.69 Å². The number of hydrogen-bond acceptors (Lipinski definition) is 1. The van der Waals surface area contributed by atoms with Crippen LogP contribution in [0.3, 0.4) is 0 Å². The van der Waals surface area contributed by atoms with Crippen LogP contribution in [0.1, 0.15) is 31.2 Å². The van der Waals surface area contributed by atoms with Gasteiger partial charge in [0.2, 0.25) is 5.91 Å². The maximum atomic E-state index is 12.0. The van der Waals surface area contributed by atoms with Gasteiger partial charge in [-0.2, -0.15) is 0 Å². The highest BCUT2D eigenvalue weighted by Gasteiger charge is 2.62. The number of anilines is 1. The summed E-state index contributed by atoms with van der Waals surface area (Å²) in [6.07, 6.45) is 4.94. The van der Waals surface area contributed by atoms with Crippen LogP contribution >= 0.6 is 0 Å². The van der Waals surface area contributed by atoms with E-state index in [0.29, 0.717) is 0 Å². The highest BCUT2D eigenvalue weighted by Crippen LogP contribution is 2.65. The molecule has 4 rings (SSSR count). The summed E-state index contributed by atoms with van der Waals surface area (Å²) < 4.78 is 0. The van der Waals surface area contributed by atoms with Gasteiger partial charge in [-0.25, -0.2) is 0 Å². The lowest BCUT2D eigenvalue weighted by molar-refractivity contribution is -0.130. The van der Waals surface area contributed by atoms with Crippen LogP contribution in [-0.4, -0.2) is 5.91 Å². The van der Waals surface area contributed by atoms with Gasteiger partial charge in [-0.1, -0.05) is 24.6 Å². The van der Waals surface area contributed by atoms with Crippen molar-refractivity contribution in [2.45, 2.75) is 31.1 Å². The van der Waals surface area contributed by atoms with E-state index in [1.807, 2.05) is 12.1 Å². The van der Waals surface area contributed by atoms with Crippen molar-refractivity contribution in [2.24, 2.45) is 11.8 Å². The Morgan fingerprint density at radius 1 is 1.31 bits per heavy atom. The van der Waals surface area contributed by atoms with Crippen molar-refractivity contribution in [1.29, 1.82) is 0 Å². The minimum Gasteiger partial charge on any atom is -0.326 e. The normalized spacial score (nSPS) is 39.1. The number of para-hydroxylation sites is 1. The fourth-order valence-electron chi connectivity index (χ4n) is 4.32. The average molecular weight is 213 g/mol. The van der Waals surface area contributed by atoms with Crippen LogP contribution in [0.2, 0.25) is 0 Å². The van der Waals surface area contributed by atoms with Gasteiger partial charge in [-0.05, 0) is 36.8 Å². The maximum absolute atomic E-state index is 12.0. The molecule has 1 aromatic rings. The maximum Gasteiger partial charge on any atom is 0.228 e. The molecular formula is C14H15NO. The largest absolute Gasteiger partial charge is 0.326 e. The van der Waals surface area contributed by atoms with E-state index in [1.165, 1.54) is 24.8 Å². The Bertz CT molecular complexity index is 481. The average Bonchev–Trinajstić information content (AvgIpc) is 2.57. The number of amides is 1. The van der Waals surface area contributed by atoms with E-state index in [4.69, 9.17) is 0 Å². The molecule has 0 radical (unpaired) electrons. The second-order valence-electron chi connectivity index (χ2n) is 5.45. The Kier molecular flexibility index (Phi) is 1.47. The smallest absolute Gasteiger partial charge is 0.228 e. The molecule has 1 amide bonds. The van der Waals surface area contributed by atoms with E-state index in [9.17, 15) is 4.79 Å². The Hall–Kier alpha value is -1.31. The molecular weight excluding hydrogens is 198 g/mol. The highest BCUT2D eigenvalue weighted by atomic mass is 16.2. The first-order valence-corrected chi connectivity index (χ1v) is 6.23. The summed E-state index contributed by atoms with van der Waals surface area (Å²) in [5, 5.41) is 3.06. The zero-order valence-corrected chi connectivity index (χ0v) is 9.20. The van der Waals surface area contributed by atoms with Gasteiger partial charge >= 0.3 is 0 Å². The van der Waals surface area contributed by atoms with Crippen LogP contribution in [-0.2, 0) is 10.2 Å². The van der Waals surface area contributed by atoms with Crippen molar-refractivity contribution < 1.29 is 4.79 Å². The molecule has 16 heavy (non-hydrogen) atoms. The number of carbonyl (C=O) groups is 1. The number of nitrogens with one attached hydrogen (secondary N) is 1. The van der Waals surface area contributed by atoms with E-state index in [-0.39, 0.29) is 17.2 Å². The van der Waals surface area contributed by atoms with E-state index < -0.39 is 0 Å². The molecule has 2 saturated carbocycles. The van der Waals surface area contributed by atoms with Crippen molar-refractivity contribution in [2.75, 3.05) is 5.32 Å². The highest BCUT2D eigenvalue weighted by molar-refractivity contribution is 5.98. The fourth-order valence-corrected chi connectivity index (χ4v) is 4.32. The SMILES string of the molecule is O=C1Nc2ccccc2C23CCC[C@H]2C[C@H]13. The predicted octanol–water partition coefficient (Wildman–Crippen LogP) is 2.70. The zero-order chi connectivity index (χ0) is 10.8. The first-order chi connectivity index (χ1) is 7.82. The third-order valence-corrected chi connectivity index (χ3v) is 5.02. The third kappa shape index (κ3) is 0.796. The van der Waals surface area contributed by atoms with Crippen molar-refractivity contribution in [3.8, 4) is 0 Å². The van der Waals surface area contributed by atoms with Gasteiger partial charge in [0, 0.05) is 17.0 Å². The Labute approximate surface area is 95.0 Å². The molecule has 1 N–H and O–H groups in total. The zero-order valence-electron chi connectivity index (χ0n) is 9.20. The lowest BCUT2D eigenvalue weighted by Gasteiger charge is -2.55. The van der Waals surface area contributed by atoms with Gasteiger partial charge in [-0.15, -0.1) is 0 Å². The number of hydrogen-bond donors (Lipinski definition) is 1. The van der Waals surface area contributed by atoms with Gasteiger partial charge in [-0.3, -0.25) is 4.79 Å². The lowest BCUT2D eigenvalue weighted by Crippen LogP contribution is -2.57. The molecule has 1 aliphatic heterocycles. The summed E-state index contributed by atoms with van der Waals surface area (Å²) in [4.78, 5) is 12.0. The second-order valence-corrected chi connectivity index (χ2v) is 5.45. The minimum absolute atomic E-state index is 0.221. The topological polar surface area (TPSA) is 29.1 Å². The van der Waals surface area contributed by atoms with Crippen LogP contribution in [0.5, 0.6) is 0 Å². The van der Waals surface area contributed by atoms with Crippen LogP contribution in [0, 0.1) is 11.8 Å². The monoisotopic (exact) mass is 213 g/mol. The van der Waals surface area contributed by atoms with Crippen molar-refractivity contribution >= 4 is 11.6 Å². The second kappa shape index (κ2) is 2.68. The third-order valence-electron chi connectivity index (χ3n) is 5.02. The molecule has 1 unspecified atom stereocenters. The van der Waals surface area contributed by atoms with E-state index in [0.717, 1.165) is 18.0 Å². The standard InChI is InChI=1S/C14H15NO/c16-13-11-8-9-4-3-7-14(9,11)10-5-1-2-6-12(10)15-13/h1-2,5-6,9,11H,3-4,7-8H2,(H,15,16)/t9-,11+,14?/m0/s1. The molecule has 0 saturated heterocycles. The van der Waals surface area contributed by atoms with Gasteiger partial charge in [0.1, 0.15) is 0 Å². The molecule has 2 fully saturated rings. The number of carbonyl (C=O) groups excluding carboxylic acids is 1. The first kappa shape index (κ1) is 8.80. The van der Waals surface area contributed by atoms with Crippen LogP contribution in [0.15, 0.2) is 24.3 Å². The Morgan fingerprint density at radius 3 is 3.06 bits per heavy atom. The summed E-state index contributed by atoms with van der Waals surface area (Å²) in [5.74, 6) is 1.29. The minimum atomic E-state index is 0.221. The molecule has 2 heteroatoms. The predicted molar refractivity (Wildman–Crippen MR) is 62.2 cm³/mol. The van der Waals surface area contributed by atoms with Gasteiger partial charge in [0.05, 0.1) is 0 Å². The molecule has 2 nitrogen and oxygen atoms in total. The summed E-state index contributed by atoms with van der Waals surface area (Å²) in [5.41, 5.74) is 2.70. The molecule has 82 valence electrons. The molecule has 1 aromatic carbocycles. The van der Waals surface area contributed by atoms with Gasteiger partial charge in [0.15, 0.2) is 0 Å². The van der Waals surface area contributed by atoms with Gasteiger partial charge in [0.25, 0.3) is 0 Å². The first-order valence-electron chi connectivity index (χ1n) is 6.23. The molecule has 1 spiro atoms. The molecule has 0 aromatic heterocycles. The van der Waals surface area contributed by atoms with E-state index >= 15 is 0 Å². The molecule has 0 bridgehead atoms. The Morgan fingerprint density at radius 2 is 2.19 bits per heavy atom. The number of benzene rings is 1. The summed E-state index contributed by atoms with van der Waals surface area (Å²) in [6.45, 7) is 0. The number of rotatable bonds is 0. The fraction of sp³-hybridized carbons (Fsp3) is 0.500. The Balaban J connectivity index is 1.95. The van der Waals surface area contributed by atoms with E-state index in [2.05, 4.69) is 17.4 Å². The molecule has 1 heterocycles. The summed E-state index contributed by atoms with van der Waals surface area (Å²) >= 11 is 0. The number of fused-ring (bicyclic) bond motifs is 1. The molecule has 3 aliphatic rings. The van der Waals surface area contributed by atoms with Crippen molar-refractivity contribution in [3.05, 3.63) is 29.8 Å². The van der Waals surface area contributed by atoms with Crippen LogP contribution < -0.4 is 5.32 Å². The molecule has 3 atom stereocenters. The quantitative estimate of drug-likeness (QED) is 0.705. The van der Waals surface area contributed by atoms with Crippen molar-refractivity contribution in [1.82, 2.24) is 0 Å². The van der Waals surface area contributed by atoms with Crippen molar-refractivity contribution in [3.63, 3.8) is 0 Å². The summed E-state index contributed by atoms with van der Waals surface area (Å²) in [7, 11) is 0. The van der Waals surface area contributed by atoms with E-state index in [1.54, 1.807) is 0 Å². The van der Waals surface area contributed by atoms with Gasteiger partial charge < -0.3 is 5.32 Å².